The van der Waals surface area contributed by atoms with Gasteiger partial charge in [-0.1, -0.05) is 0 Å². The van der Waals surface area contributed by atoms with Crippen LogP contribution in [-0.4, -0.2) is 70.9 Å². The molecule has 0 N–H and O–H groups in total. The van der Waals surface area contributed by atoms with E-state index in [1.165, 1.54) is 33.3 Å². The van der Waals surface area contributed by atoms with Crippen molar-refractivity contribution in [3.63, 3.8) is 0 Å². The molecule has 2 saturated heterocycles. The fourth-order valence-corrected chi connectivity index (χ4v) is 4.36. The topological polar surface area (TPSA) is 66.4 Å². The van der Waals surface area contributed by atoms with E-state index < -0.39 is 0 Å². The summed E-state index contributed by atoms with van der Waals surface area (Å²) in [5.41, 5.74) is 0. The van der Waals surface area contributed by atoms with Gasteiger partial charge in [-0.2, -0.15) is 0 Å². The summed E-state index contributed by atoms with van der Waals surface area (Å²) in [6.07, 6.45) is 13.7. The molecule has 4 heterocycles. The molecule has 2 aromatic rings. The van der Waals surface area contributed by atoms with Crippen LogP contribution in [0.2, 0.25) is 0 Å². The zero-order valence-electron chi connectivity index (χ0n) is 23.3. The molecule has 0 atom stereocenters. The SMILES string of the molecule is C1COCC[N-]1.C1COCC[N-]1.Cn1ccn(CCCCCCn2ccn(C)[c]2=[Pt])[c]1=[Pt].[CH3-].[CH3-].[CH3-].[CH3-]. The van der Waals surface area contributed by atoms with Gasteiger partial charge in [0.25, 0.3) is 0 Å². The quantitative estimate of drug-likeness (QED) is 0.292. The maximum absolute atomic E-state index is 4.98. The normalized spacial score (nSPS) is 14.3. The number of ether oxygens (including phenoxy) is 2. The average molecular weight is 869 g/mol. The maximum atomic E-state index is 4.98. The van der Waals surface area contributed by atoms with Crippen LogP contribution >= 0.6 is 0 Å². The number of rotatable bonds is 7. The molecule has 0 radical (unpaired) electrons. The smallest absolute Gasteiger partial charge is 0.358 e. The molecule has 2 aliphatic rings. The number of morpholine rings is 2. The summed E-state index contributed by atoms with van der Waals surface area (Å²) in [6, 6.07) is 0. The average Bonchev–Trinajstić information content (AvgIpc) is 3.34. The minimum Gasteiger partial charge on any atom is -0.358 e. The van der Waals surface area contributed by atoms with Crippen LogP contribution in [0, 0.1) is 37.3 Å². The molecule has 0 unspecified atom stereocenters. The molecule has 4 rings (SSSR count). The van der Waals surface area contributed by atoms with Crippen molar-refractivity contribution in [3.8, 4) is 0 Å². The van der Waals surface area contributed by atoms with Crippen LogP contribution in [0.4, 0.5) is 0 Å². The summed E-state index contributed by atoms with van der Waals surface area (Å²) in [6.45, 7) is 9.21. The van der Waals surface area contributed by atoms with Crippen molar-refractivity contribution < 1.29 is 48.2 Å². The van der Waals surface area contributed by atoms with E-state index in [0.29, 0.717) is 0 Å². The Morgan fingerprint density at radius 1 is 0.611 bits per heavy atom. The number of nitrogens with zero attached hydrogens (tertiary/aromatic N) is 6. The van der Waals surface area contributed by atoms with Crippen molar-refractivity contribution in [2.45, 2.75) is 38.8 Å². The molecule has 10 heteroatoms. The predicted octanol–water partition coefficient (Wildman–Crippen LogP) is 4.97. The van der Waals surface area contributed by atoms with Gasteiger partial charge in [-0.15, -0.1) is 26.2 Å². The monoisotopic (exact) mass is 868 g/mol. The number of hydrogen-bond acceptors (Lipinski definition) is 2. The zero-order chi connectivity index (χ0) is 23.0. The molecular weight excluding hydrogens is 818 g/mol. The van der Waals surface area contributed by atoms with Crippen molar-refractivity contribution in [2.24, 2.45) is 14.1 Å². The Kier molecular flexibility index (Phi) is 27.8. The largest absolute Gasteiger partial charge is 0.358 e. The maximum Gasteiger partial charge on any atom is -0.358 e. The number of imidazole rings is 2. The summed E-state index contributed by atoms with van der Waals surface area (Å²) < 4.78 is 21.5. The summed E-state index contributed by atoms with van der Waals surface area (Å²) >= 11 is 4.77. The summed E-state index contributed by atoms with van der Waals surface area (Å²) in [5, 5.41) is 8.10. The first kappa shape index (κ1) is 40.1. The Labute approximate surface area is 243 Å². The fraction of sp³-hybridized carbons (Fsp3) is 0.615. The molecule has 0 aliphatic carbocycles. The van der Waals surface area contributed by atoms with E-state index in [2.05, 4.69) is 106 Å². The second kappa shape index (κ2) is 24.9. The molecule has 8 nitrogen and oxygen atoms in total. The van der Waals surface area contributed by atoms with Gasteiger partial charge in [-0.05, 0) is 0 Å². The van der Waals surface area contributed by atoms with Crippen molar-refractivity contribution in [3.05, 3.63) is 72.7 Å². The van der Waals surface area contributed by atoms with E-state index in [9.17, 15) is 0 Å². The van der Waals surface area contributed by atoms with Crippen molar-refractivity contribution >= 4 is 0 Å². The molecule has 36 heavy (non-hydrogen) atoms. The third-order valence-electron chi connectivity index (χ3n) is 5.04. The molecule has 0 bridgehead atoms. The second-order valence-corrected chi connectivity index (χ2v) is 9.70. The van der Waals surface area contributed by atoms with Crippen LogP contribution in [0.1, 0.15) is 25.7 Å². The van der Waals surface area contributed by atoms with E-state index >= 15 is 0 Å². The molecular formula is C26H50N6O2Pt2-6. The molecule has 0 saturated carbocycles. The molecule has 0 spiro atoms. The first-order valence-corrected chi connectivity index (χ1v) is 13.6. The van der Waals surface area contributed by atoms with Gasteiger partial charge < -0.3 is 49.8 Å². The van der Waals surface area contributed by atoms with Crippen LogP contribution in [0.15, 0.2) is 24.8 Å². The summed E-state index contributed by atoms with van der Waals surface area (Å²) in [4.78, 5) is 0. The molecule has 0 amide bonds. The molecule has 2 aromatic heterocycles. The van der Waals surface area contributed by atoms with Crippen LogP contribution in [0.5, 0.6) is 0 Å². The van der Waals surface area contributed by atoms with Gasteiger partial charge in [-0.3, -0.25) is 0 Å². The van der Waals surface area contributed by atoms with Gasteiger partial charge in [0.15, 0.2) is 0 Å². The minimum absolute atomic E-state index is 0. The Morgan fingerprint density at radius 3 is 1.14 bits per heavy atom. The van der Waals surface area contributed by atoms with E-state index in [1.807, 2.05) is 0 Å². The molecule has 2 fully saturated rings. The van der Waals surface area contributed by atoms with E-state index in [1.54, 1.807) is 0 Å². The number of aryl methyl sites for hydroxylation is 4. The Bertz CT molecular complexity index is 758. The first-order chi connectivity index (χ1) is 15.6. The zero-order valence-corrected chi connectivity index (χ0v) is 27.9. The van der Waals surface area contributed by atoms with E-state index in [4.69, 9.17) is 9.47 Å². The van der Waals surface area contributed by atoms with Gasteiger partial charge in [0, 0.05) is 26.4 Å². The second-order valence-electron chi connectivity index (χ2n) is 7.67. The number of hydrogen-bond donors (Lipinski definition) is 0. The third-order valence-corrected chi connectivity index (χ3v) is 7.95. The fourth-order valence-electron chi connectivity index (χ4n) is 3.18. The Balaban J connectivity index is -0.000000565. The number of unbranched alkanes of at least 4 members (excludes halogenated alkanes) is 3. The van der Waals surface area contributed by atoms with E-state index in [0.717, 1.165) is 65.7 Å². The molecule has 0 aromatic carbocycles. The Morgan fingerprint density at radius 2 is 0.944 bits per heavy atom. The van der Waals surface area contributed by atoms with E-state index in [-0.39, 0.29) is 29.7 Å². The number of aromatic nitrogens is 4. The Hall–Kier alpha value is -0.363. The van der Waals surface area contributed by atoms with Crippen molar-refractivity contribution in [2.75, 3.05) is 52.6 Å². The third kappa shape index (κ3) is 16.5. The summed E-state index contributed by atoms with van der Waals surface area (Å²) in [7, 11) is 4.19. The van der Waals surface area contributed by atoms with Gasteiger partial charge in [0.2, 0.25) is 0 Å². The van der Waals surface area contributed by atoms with Crippen molar-refractivity contribution in [1.82, 2.24) is 18.3 Å². The van der Waals surface area contributed by atoms with Crippen molar-refractivity contribution in [1.29, 1.82) is 0 Å². The minimum atomic E-state index is 0. The van der Waals surface area contributed by atoms with Gasteiger partial charge in [-0.25, -0.2) is 0 Å². The van der Waals surface area contributed by atoms with Crippen LogP contribution < -0.4 is 0 Å². The molecule has 2 aliphatic heterocycles. The van der Waals surface area contributed by atoms with Crippen LogP contribution in [0.25, 0.3) is 10.6 Å². The van der Waals surface area contributed by atoms with Crippen LogP contribution in [0.3, 0.4) is 0 Å². The first-order valence-electron chi connectivity index (χ1n) is 11.4. The predicted molar refractivity (Wildman–Crippen MR) is 145 cm³/mol. The van der Waals surface area contributed by atoms with Gasteiger partial charge in [0.1, 0.15) is 0 Å². The summed E-state index contributed by atoms with van der Waals surface area (Å²) in [5.74, 6) is 0. The van der Waals surface area contributed by atoms with Crippen LogP contribution in [-0.2, 0) is 75.4 Å². The molecule has 222 valence electrons. The standard InChI is InChI=1S/C14H22N4.2C4H8NO.4CH3.2Pt/c1-15-9-11-17(13-15)7-5-3-4-6-8-18-12-10-16(2)14-18;2*1-3-6-4-2-5-1;;;;;;/h9-12H,3-8H2,1-2H3;2*1-4H2;4*1H3;;/q;6*-1;;. The van der Waals surface area contributed by atoms with Gasteiger partial charge in [0.05, 0.1) is 0 Å². The van der Waals surface area contributed by atoms with Gasteiger partial charge >= 0.3 is 142 Å².